The quantitative estimate of drug-likeness (QED) is 0.938. The third-order valence-electron chi connectivity index (χ3n) is 2.72. The molecule has 1 N–H and O–H groups in total. The summed E-state index contributed by atoms with van der Waals surface area (Å²) < 4.78 is 39.0. The van der Waals surface area contributed by atoms with Crippen LogP contribution in [0.1, 0.15) is 11.1 Å². The molecule has 0 amide bonds. The average molecular weight is 281 g/mol. The zero-order valence-electron chi connectivity index (χ0n) is 10.2. The van der Waals surface area contributed by atoms with E-state index >= 15 is 0 Å². The summed E-state index contributed by atoms with van der Waals surface area (Å²) in [6.07, 6.45) is -2.06. The van der Waals surface area contributed by atoms with Crippen molar-refractivity contribution < 1.29 is 23.1 Å². The first kappa shape index (κ1) is 14.0. The first-order valence-electron chi connectivity index (χ1n) is 5.70. The highest BCUT2D eigenvalue weighted by Gasteiger charge is 2.33. The molecule has 0 aliphatic carbocycles. The Morgan fingerprint density at radius 3 is 2.55 bits per heavy atom. The van der Waals surface area contributed by atoms with E-state index in [2.05, 4.69) is 4.98 Å². The van der Waals surface area contributed by atoms with E-state index in [-0.39, 0.29) is 12.0 Å². The first-order chi connectivity index (χ1) is 9.38. The fraction of sp³-hybridized carbons (Fsp3) is 0.143. The van der Waals surface area contributed by atoms with Crippen molar-refractivity contribution in [2.45, 2.75) is 12.6 Å². The maximum atomic E-state index is 13.0. The Bertz CT molecular complexity index is 624. The van der Waals surface area contributed by atoms with Crippen LogP contribution in [0.25, 0.3) is 11.1 Å². The van der Waals surface area contributed by atoms with Gasteiger partial charge in [0.25, 0.3) is 0 Å². The van der Waals surface area contributed by atoms with E-state index in [9.17, 15) is 18.0 Å². The zero-order chi connectivity index (χ0) is 14.8. The van der Waals surface area contributed by atoms with Crippen LogP contribution in [0.2, 0.25) is 0 Å². The van der Waals surface area contributed by atoms with Crippen molar-refractivity contribution >= 4 is 5.97 Å². The largest absolute Gasteiger partial charge is 0.481 e. The van der Waals surface area contributed by atoms with E-state index in [1.807, 2.05) is 0 Å². The van der Waals surface area contributed by atoms with Crippen LogP contribution >= 0.6 is 0 Å². The molecular formula is C14H10F3NO2. The maximum absolute atomic E-state index is 13.0. The van der Waals surface area contributed by atoms with Gasteiger partial charge in [0, 0.05) is 18.0 Å². The Morgan fingerprint density at radius 2 is 2.00 bits per heavy atom. The topological polar surface area (TPSA) is 50.2 Å². The van der Waals surface area contributed by atoms with Crippen molar-refractivity contribution in [1.29, 1.82) is 0 Å². The molecule has 0 spiro atoms. The van der Waals surface area contributed by atoms with Gasteiger partial charge in [0.1, 0.15) is 0 Å². The molecule has 0 bridgehead atoms. The molecule has 0 aliphatic rings. The van der Waals surface area contributed by atoms with Crippen molar-refractivity contribution in [2.75, 3.05) is 0 Å². The van der Waals surface area contributed by atoms with Crippen molar-refractivity contribution in [3.8, 4) is 11.1 Å². The lowest BCUT2D eigenvalue weighted by Crippen LogP contribution is -2.09. The van der Waals surface area contributed by atoms with Gasteiger partial charge in [-0.1, -0.05) is 12.1 Å². The highest BCUT2D eigenvalue weighted by Crippen LogP contribution is 2.37. The van der Waals surface area contributed by atoms with Gasteiger partial charge in [-0.3, -0.25) is 9.78 Å². The monoisotopic (exact) mass is 281 g/mol. The van der Waals surface area contributed by atoms with Gasteiger partial charge in [-0.25, -0.2) is 0 Å². The summed E-state index contributed by atoms with van der Waals surface area (Å²) in [7, 11) is 0. The van der Waals surface area contributed by atoms with Gasteiger partial charge < -0.3 is 5.11 Å². The number of hydrogen-bond donors (Lipinski definition) is 1. The Morgan fingerprint density at radius 1 is 1.25 bits per heavy atom. The standard InChI is InChI=1S/C14H10F3NO2/c15-14(16,17)12-4-3-9(7-13(19)20)6-11(12)10-2-1-5-18-8-10/h1-6,8H,7H2,(H,19,20). The number of aromatic nitrogens is 1. The van der Waals surface area contributed by atoms with E-state index < -0.39 is 17.7 Å². The third-order valence-corrected chi connectivity index (χ3v) is 2.72. The second-order valence-electron chi connectivity index (χ2n) is 4.19. The van der Waals surface area contributed by atoms with Crippen LogP contribution in [0.5, 0.6) is 0 Å². The highest BCUT2D eigenvalue weighted by atomic mass is 19.4. The molecule has 1 heterocycles. The fourth-order valence-corrected chi connectivity index (χ4v) is 1.88. The number of benzene rings is 1. The molecule has 0 aliphatic heterocycles. The molecule has 20 heavy (non-hydrogen) atoms. The fourth-order valence-electron chi connectivity index (χ4n) is 1.88. The van der Waals surface area contributed by atoms with Crippen LogP contribution < -0.4 is 0 Å². The minimum atomic E-state index is -4.51. The van der Waals surface area contributed by atoms with E-state index in [4.69, 9.17) is 5.11 Å². The van der Waals surface area contributed by atoms with E-state index in [0.717, 1.165) is 6.07 Å². The van der Waals surface area contributed by atoms with Gasteiger partial charge in [0.15, 0.2) is 0 Å². The molecule has 0 radical (unpaired) electrons. The molecule has 3 nitrogen and oxygen atoms in total. The second kappa shape index (κ2) is 5.32. The number of carboxylic acids is 1. The highest BCUT2D eigenvalue weighted by molar-refractivity contribution is 5.73. The Kier molecular flexibility index (Phi) is 3.74. The Hall–Kier alpha value is -2.37. The maximum Gasteiger partial charge on any atom is 0.417 e. The number of carboxylic acid groups (broad SMARTS) is 1. The van der Waals surface area contributed by atoms with Crippen molar-refractivity contribution in [1.82, 2.24) is 4.98 Å². The van der Waals surface area contributed by atoms with Crippen LogP contribution in [-0.4, -0.2) is 16.1 Å². The number of nitrogens with zero attached hydrogens (tertiary/aromatic N) is 1. The molecule has 0 saturated carbocycles. The summed E-state index contributed by atoms with van der Waals surface area (Å²) >= 11 is 0. The molecule has 1 aromatic heterocycles. The predicted octanol–water partition coefficient (Wildman–Crippen LogP) is 3.39. The number of halogens is 3. The van der Waals surface area contributed by atoms with Crippen molar-refractivity contribution in [2.24, 2.45) is 0 Å². The lowest BCUT2D eigenvalue weighted by molar-refractivity contribution is -0.137. The molecule has 1 aromatic carbocycles. The number of carbonyl (C=O) groups is 1. The SMILES string of the molecule is O=C(O)Cc1ccc(C(F)(F)F)c(-c2cccnc2)c1. The number of alkyl halides is 3. The number of aliphatic carboxylic acids is 1. The number of pyridine rings is 1. The smallest absolute Gasteiger partial charge is 0.417 e. The Balaban J connectivity index is 2.57. The third kappa shape index (κ3) is 3.14. The molecule has 0 fully saturated rings. The molecule has 2 aromatic rings. The van der Waals surface area contributed by atoms with E-state index in [1.54, 1.807) is 0 Å². The summed E-state index contributed by atoms with van der Waals surface area (Å²) in [4.78, 5) is 14.5. The first-order valence-corrected chi connectivity index (χ1v) is 5.70. The van der Waals surface area contributed by atoms with Gasteiger partial charge in [0.2, 0.25) is 0 Å². The Labute approximate surface area is 112 Å². The van der Waals surface area contributed by atoms with Gasteiger partial charge in [-0.15, -0.1) is 0 Å². The predicted molar refractivity (Wildman–Crippen MR) is 66.0 cm³/mol. The van der Waals surface area contributed by atoms with E-state index in [1.165, 1.54) is 36.7 Å². The van der Waals surface area contributed by atoms with Crippen LogP contribution in [0.3, 0.4) is 0 Å². The van der Waals surface area contributed by atoms with Crippen molar-refractivity contribution in [3.63, 3.8) is 0 Å². The lowest BCUT2D eigenvalue weighted by atomic mass is 9.97. The normalized spacial score (nSPS) is 11.3. The minimum Gasteiger partial charge on any atom is -0.481 e. The summed E-state index contributed by atoms with van der Waals surface area (Å²) in [5.74, 6) is -1.10. The minimum absolute atomic E-state index is 0.0654. The number of hydrogen-bond acceptors (Lipinski definition) is 2. The lowest BCUT2D eigenvalue weighted by Gasteiger charge is -2.14. The summed E-state index contributed by atoms with van der Waals surface area (Å²) in [5.41, 5.74) is -0.264. The van der Waals surface area contributed by atoms with Crippen LogP contribution in [0.4, 0.5) is 13.2 Å². The van der Waals surface area contributed by atoms with Gasteiger partial charge in [-0.2, -0.15) is 13.2 Å². The molecule has 0 atom stereocenters. The molecular weight excluding hydrogens is 271 g/mol. The zero-order valence-corrected chi connectivity index (χ0v) is 10.2. The van der Waals surface area contributed by atoms with E-state index in [0.29, 0.717) is 11.1 Å². The van der Waals surface area contributed by atoms with Crippen LogP contribution in [-0.2, 0) is 17.4 Å². The van der Waals surface area contributed by atoms with Crippen molar-refractivity contribution in [3.05, 3.63) is 53.9 Å². The van der Waals surface area contributed by atoms with Crippen LogP contribution in [0.15, 0.2) is 42.7 Å². The van der Waals surface area contributed by atoms with Gasteiger partial charge in [0.05, 0.1) is 12.0 Å². The molecule has 2 rings (SSSR count). The molecule has 104 valence electrons. The molecule has 0 saturated heterocycles. The average Bonchev–Trinajstić information content (AvgIpc) is 2.37. The summed E-state index contributed by atoms with van der Waals surface area (Å²) in [5, 5.41) is 8.72. The molecule has 6 heteroatoms. The molecule has 0 unspecified atom stereocenters. The van der Waals surface area contributed by atoms with Gasteiger partial charge >= 0.3 is 12.1 Å². The summed E-state index contributed by atoms with van der Waals surface area (Å²) in [6.45, 7) is 0. The second-order valence-corrected chi connectivity index (χ2v) is 4.19. The number of rotatable bonds is 3. The summed E-state index contributed by atoms with van der Waals surface area (Å²) in [6, 6.07) is 6.35. The van der Waals surface area contributed by atoms with Crippen LogP contribution in [0, 0.1) is 0 Å². The van der Waals surface area contributed by atoms with Gasteiger partial charge in [-0.05, 0) is 29.3 Å².